The maximum atomic E-state index is 8.90. The third-order valence-electron chi connectivity index (χ3n) is 8.81. The van der Waals surface area contributed by atoms with Crippen molar-refractivity contribution in [3.05, 3.63) is 0 Å². The van der Waals surface area contributed by atoms with Crippen LogP contribution in [0.25, 0.3) is 0 Å². The predicted octanol–water partition coefficient (Wildman–Crippen LogP) is 10.9. The highest BCUT2D eigenvalue weighted by Gasteiger charge is 2.10. The summed E-state index contributed by atoms with van der Waals surface area (Å²) in [7, 11) is 0. The van der Waals surface area contributed by atoms with Crippen molar-refractivity contribution >= 4 is 0 Å². The minimum Gasteiger partial charge on any atom is -0.395 e. The molecule has 0 spiro atoms. The van der Waals surface area contributed by atoms with Crippen molar-refractivity contribution in [2.75, 3.05) is 52.7 Å². The molecule has 2 N–H and O–H groups in total. The first-order chi connectivity index (χ1) is 21.8. The average Bonchev–Trinajstić information content (AvgIpc) is 3.03. The van der Waals surface area contributed by atoms with E-state index in [0.717, 1.165) is 32.6 Å². The van der Waals surface area contributed by atoms with E-state index in [9.17, 15) is 0 Å². The van der Waals surface area contributed by atoms with Crippen LogP contribution in [-0.2, 0) is 14.2 Å². The van der Waals surface area contributed by atoms with Gasteiger partial charge >= 0.3 is 0 Å². The van der Waals surface area contributed by atoms with Gasteiger partial charge in [-0.3, -0.25) is 0 Å². The van der Waals surface area contributed by atoms with E-state index in [1.54, 1.807) is 0 Å². The minimum absolute atomic E-state index is 0.0152. The maximum absolute atomic E-state index is 8.90. The molecule has 0 aromatic heterocycles. The molecule has 1 unspecified atom stereocenters. The standard InChI is InChI=1S/C39H81NO4/c1-3-5-7-9-11-13-15-17-19-21-23-25-27-29-34-42-37-39(38-43-36-32-40-31-33-41)44-35-30-28-26-24-22-20-18-16-14-12-10-8-6-4-2/h39-41H,3-38H2,1-2H3. The normalized spacial score (nSPS) is 12.3. The van der Waals surface area contributed by atoms with E-state index in [4.69, 9.17) is 19.3 Å². The molecule has 5 nitrogen and oxygen atoms in total. The summed E-state index contributed by atoms with van der Waals surface area (Å²) in [6, 6.07) is 0. The third-order valence-corrected chi connectivity index (χ3v) is 8.81. The maximum Gasteiger partial charge on any atom is 0.104 e. The zero-order valence-corrected chi connectivity index (χ0v) is 30.2. The summed E-state index contributed by atoms with van der Waals surface area (Å²) in [6.45, 7) is 9.60. The van der Waals surface area contributed by atoms with E-state index in [-0.39, 0.29) is 12.7 Å². The van der Waals surface area contributed by atoms with Gasteiger partial charge in [0, 0.05) is 26.3 Å². The topological polar surface area (TPSA) is 60.0 Å². The van der Waals surface area contributed by atoms with Gasteiger partial charge in [0.05, 0.1) is 26.4 Å². The Morgan fingerprint density at radius 1 is 0.409 bits per heavy atom. The largest absolute Gasteiger partial charge is 0.395 e. The highest BCUT2D eigenvalue weighted by Crippen LogP contribution is 2.14. The fourth-order valence-electron chi connectivity index (χ4n) is 5.87. The van der Waals surface area contributed by atoms with Gasteiger partial charge in [0.25, 0.3) is 0 Å². The molecule has 0 bridgehead atoms. The zero-order chi connectivity index (χ0) is 31.9. The van der Waals surface area contributed by atoms with Gasteiger partial charge in [-0.05, 0) is 12.8 Å². The lowest BCUT2D eigenvalue weighted by atomic mass is 10.0. The van der Waals surface area contributed by atoms with Crippen molar-refractivity contribution in [1.82, 2.24) is 5.32 Å². The van der Waals surface area contributed by atoms with Crippen molar-refractivity contribution in [1.29, 1.82) is 0 Å². The number of aliphatic hydroxyl groups excluding tert-OH is 1. The van der Waals surface area contributed by atoms with E-state index < -0.39 is 0 Å². The molecule has 266 valence electrons. The molecule has 0 radical (unpaired) electrons. The quantitative estimate of drug-likeness (QED) is 0.0662. The van der Waals surface area contributed by atoms with Gasteiger partial charge < -0.3 is 24.6 Å². The van der Waals surface area contributed by atoms with Gasteiger partial charge in [0.1, 0.15) is 6.10 Å². The van der Waals surface area contributed by atoms with Gasteiger partial charge in [-0.1, -0.05) is 181 Å². The lowest BCUT2D eigenvalue weighted by Gasteiger charge is -2.18. The number of hydrogen-bond acceptors (Lipinski definition) is 5. The van der Waals surface area contributed by atoms with Crippen molar-refractivity contribution in [2.45, 2.75) is 200 Å². The highest BCUT2D eigenvalue weighted by atomic mass is 16.6. The summed E-state index contributed by atoms with van der Waals surface area (Å²) in [5.74, 6) is 0. The number of unbranched alkanes of at least 4 members (excludes halogenated alkanes) is 26. The van der Waals surface area contributed by atoms with Gasteiger partial charge in [0.2, 0.25) is 0 Å². The molecule has 0 aliphatic rings. The molecule has 0 heterocycles. The molecule has 0 aromatic rings. The Hall–Kier alpha value is -0.200. The van der Waals surface area contributed by atoms with Crippen molar-refractivity contribution in [2.24, 2.45) is 0 Å². The van der Waals surface area contributed by atoms with Gasteiger partial charge in [0.15, 0.2) is 0 Å². The lowest BCUT2D eigenvalue weighted by Crippen LogP contribution is -2.29. The SMILES string of the molecule is CCCCCCCCCCCCCCCCOCC(COCCNCCO)OCCCCCCCCCCCCCCCC. The van der Waals surface area contributed by atoms with Crippen molar-refractivity contribution < 1.29 is 19.3 Å². The first-order valence-corrected chi connectivity index (χ1v) is 19.9. The second-order valence-corrected chi connectivity index (χ2v) is 13.3. The van der Waals surface area contributed by atoms with Gasteiger partial charge in [-0.25, -0.2) is 0 Å². The van der Waals surface area contributed by atoms with E-state index >= 15 is 0 Å². The fourth-order valence-corrected chi connectivity index (χ4v) is 5.87. The molecule has 0 aromatic carbocycles. The van der Waals surface area contributed by atoms with Crippen molar-refractivity contribution in [3.8, 4) is 0 Å². The molecule has 5 heteroatoms. The second kappa shape index (κ2) is 40.8. The summed E-state index contributed by atoms with van der Waals surface area (Å²) in [6.07, 6.45) is 38.6. The summed E-state index contributed by atoms with van der Waals surface area (Å²) in [4.78, 5) is 0. The summed E-state index contributed by atoms with van der Waals surface area (Å²) < 4.78 is 18.1. The molecule has 0 saturated heterocycles. The van der Waals surface area contributed by atoms with Crippen LogP contribution in [0.3, 0.4) is 0 Å². The molecule has 0 fully saturated rings. The number of rotatable bonds is 40. The molecular weight excluding hydrogens is 546 g/mol. The number of nitrogens with one attached hydrogen (secondary N) is 1. The molecular formula is C39H81NO4. The van der Waals surface area contributed by atoms with Crippen LogP contribution in [0.15, 0.2) is 0 Å². The van der Waals surface area contributed by atoms with E-state index in [2.05, 4.69) is 19.2 Å². The van der Waals surface area contributed by atoms with Gasteiger partial charge in [-0.2, -0.15) is 0 Å². The second-order valence-electron chi connectivity index (χ2n) is 13.3. The van der Waals surface area contributed by atoms with E-state index in [1.165, 1.54) is 167 Å². The molecule has 0 amide bonds. The van der Waals surface area contributed by atoms with Gasteiger partial charge in [-0.15, -0.1) is 0 Å². The Kier molecular flexibility index (Phi) is 40.6. The highest BCUT2D eigenvalue weighted by molar-refractivity contribution is 4.58. The van der Waals surface area contributed by atoms with Crippen LogP contribution in [0.2, 0.25) is 0 Å². The predicted molar refractivity (Wildman–Crippen MR) is 192 cm³/mol. The van der Waals surface area contributed by atoms with Crippen LogP contribution in [0.4, 0.5) is 0 Å². The molecule has 44 heavy (non-hydrogen) atoms. The Balaban J connectivity index is 3.72. The summed E-state index contributed by atoms with van der Waals surface area (Å²) in [5, 5.41) is 12.1. The number of hydrogen-bond donors (Lipinski definition) is 2. The monoisotopic (exact) mass is 628 g/mol. The molecule has 1 atom stereocenters. The molecule has 0 aliphatic carbocycles. The van der Waals surface area contributed by atoms with E-state index in [1.807, 2.05) is 0 Å². The first kappa shape index (κ1) is 43.8. The first-order valence-electron chi connectivity index (χ1n) is 19.9. The van der Waals surface area contributed by atoms with Crippen molar-refractivity contribution in [3.63, 3.8) is 0 Å². The van der Waals surface area contributed by atoms with Crippen LogP contribution >= 0.6 is 0 Å². The van der Waals surface area contributed by atoms with Crippen LogP contribution in [-0.4, -0.2) is 63.9 Å². The fraction of sp³-hybridized carbons (Fsp3) is 1.00. The number of aliphatic hydroxyl groups is 1. The summed E-state index contributed by atoms with van der Waals surface area (Å²) in [5.41, 5.74) is 0. The number of ether oxygens (including phenoxy) is 3. The smallest absolute Gasteiger partial charge is 0.104 e. The molecule has 0 rings (SSSR count). The Morgan fingerprint density at radius 3 is 1.14 bits per heavy atom. The summed E-state index contributed by atoms with van der Waals surface area (Å²) >= 11 is 0. The van der Waals surface area contributed by atoms with Crippen LogP contribution in [0, 0.1) is 0 Å². The molecule has 0 saturated carbocycles. The minimum atomic E-state index is 0.0152. The Bertz CT molecular complexity index is 493. The average molecular weight is 628 g/mol. The zero-order valence-electron chi connectivity index (χ0n) is 30.2. The Labute approximate surface area is 276 Å². The third kappa shape index (κ3) is 38.0. The molecule has 0 aliphatic heterocycles. The van der Waals surface area contributed by atoms with Crippen LogP contribution in [0.5, 0.6) is 0 Å². The van der Waals surface area contributed by atoms with E-state index in [0.29, 0.717) is 26.4 Å². The van der Waals surface area contributed by atoms with Crippen LogP contribution < -0.4 is 5.32 Å². The Morgan fingerprint density at radius 2 is 0.750 bits per heavy atom. The van der Waals surface area contributed by atoms with Crippen LogP contribution in [0.1, 0.15) is 194 Å². The lowest BCUT2D eigenvalue weighted by molar-refractivity contribution is -0.0607.